The number of hydrogen-bond acceptors (Lipinski definition) is 3. The standard InChI is InChI=1S/C14H17N3O2/c1-10-3-2-4-13(16-10)12(9-15)11-5-7-17(8-6-11)14(18)19/h2-4,11-12H,5-8H2,1H3,(H,18,19). The highest BCUT2D eigenvalue weighted by molar-refractivity contribution is 5.65. The first-order chi connectivity index (χ1) is 9.11. The summed E-state index contributed by atoms with van der Waals surface area (Å²) >= 11 is 0. The predicted molar refractivity (Wildman–Crippen MR) is 69.6 cm³/mol. The van der Waals surface area contributed by atoms with Gasteiger partial charge in [-0.15, -0.1) is 0 Å². The maximum atomic E-state index is 10.9. The minimum Gasteiger partial charge on any atom is -0.465 e. The third-order valence-electron chi connectivity index (χ3n) is 3.65. The Morgan fingerprint density at radius 2 is 2.21 bits per heavy atom. The number of pyridine rings is 1. The Labute approximate surface area is 112 Å². The van der Waals surface area contributed by atoms with Gasteiger partial charge in [0.2, 0.25) is 0 Å². The molecule has 1 amide bonds. The summed E-state index contributed by atoms with van der Waals surface area (Å²) in [6.07, 6.45) is 0.570. The highest BCUT2D eigenvalue weighted by Gasteiger charge is 2.30. The molecule has 1 aliphatic heterocycles. The number of aryl methyl sites for hydroxylation is 1. The fourth-order valence-corrected chi connectivity index (χ4v) is 2.57. The molecule has 1 N–H and O–H groups in total. The van der Waals surface area contributed by atoms with Crippen LogP contribution < -0.4 is 0 Å². The van der Waals surface area contributed by atoms with Crippen LogP contribution in [0.25, 0.3) is 0 Å². The molecule has 1 aromatic heterocycles. The summed E-state index contributed by atoms with van der Waals surface area (Å²) in [4.78, 5) is 16.7. The number of nitriles is 1. The maximum Gasteiger partial charge on any atom is 0.407 e. The summed E-state index contributed by atoms with van der Waals surface area (Å²) < 4.78 is 0. The highest BCUT2D eigenvalue weighted by atomic mass is 16.4. The Balaban J connectivity index is 2.08. The second kappa shape index (κ2) is 5.70. The molecular weight excluding hydrogens is 242 g/mol. The minimum absolute atomic E-state index is 0.190. The summed E-state index contributed by atoms with van der Waals surface area (Å²) in [7, 11) is 0. The first kappa shape index (κ1) is 13.3. The van der Waals surface area contributed by atoms with Crippen molar-refractivity contribution in [3.8, 4) is 6.07 Å². The van der Waals surface area contributed by atoms with E-state index in [-0.39, 0.29) is 11.8 Å². The monoisotopic (exact) mass is 259 g/mol. The summed E-state index contributed by atoms with van der Waals surface area (Å²) in [5.74, 6) is -0.0502. The van der Waals surface area contributed by atoms with Crippen molar-refractivity contribution < 1.29 is 9.90 Å². The Bertz CT molecular complexity index is 502. The van der Waals surface area contributed by atoms with Crippen LogP contribution in [0.3, 0.4) is 0 Å². The van der Waals surface area contributed by atoms with Crippen molar-refractivity contribution in [1.82, 2.24) is 9.88 Å². The Morgan fingerprint density at radius 3 is 2.74 bits per heavy atom. The van der Waals surface area contributed by atoms with Crippen LogP contribution in [0, 0.1) is 24.2 Å². The molecule has 1 atom stereocenters. The molecule has 1 fully saturated rings. The van der Waals surface area contributed by atoms with Crippen LogP contribution >= 0.6 is 0 Å². The second-order valence-electron chi connectivity index (χ2n) is 4.92. The van der Waals surface area contributed by atoms with Gasteiger partial charge in [0.1, 0.15) is 0 Å². The van der Waals surface area contributed by atoms with Crippen molar-refractivity contribution in [3.63, 3.8) is 0 Å². The lowest BCUT2D eigenvalue weighted by Gasteiger charge is -2.32. The average molecular weight is 259 g/mol. The predicted octanol–water partition coefficient (Wildman–Crippen LogP) is 2.39. The second-order valence-corrected chi connectivity index (χ2v) is 4.92. The normalized spacial score (nSPS) is 17.8. The summed E-state index contributed by atoms with van der Waals surface area (Å²) in [5.41, 5.74) is 1.71. The summed E-state index contributed by atoms with van der Waals surface area (Å²) in [5, 5.41) is 18.3. The molecule has 0 aliphatic carbocycles. The van der Waals surface area contributed by atoms with Crippen molar-refractivity contribution in [1.29, 1.82) is 5.26 Å². The molecule has 19 heavy (non-hydrogen) atoms. The smallest absolute Gasteiger partial charge is 0.407 e. The SMILES string of the molecule is Cc1cccc(C(C#N)C2CCN(C(=O)O)CC2)n1. The van der Waals surface area contributed by atoms with E-state index in [2.05, 4.69) is 11.1 Å². The molecule has 0 aromatic carbocycles. The van der Waals surface area contributed by atoms with Crippen molar-refractivity contribution in [2.24, 2.45) is 5.92 Å². The lowest BCUT2D eigenvalue weighted by Crippen LogP contribution is -2.38. The number of amides is 1. The summed E-state index contributed by atoms with van der Waals surface area (Å²) in [6, 6.07) is 8.03. The van der Waals surface area contributed by atoms with Crippen LogP contribution in [-0.2, 0) is 0 Å². The van der Waals surface area contributed by atoms with Crippen molar-refractivity contribution in [3.05, 3.63) is 29.6 Å². The Hall–Kier alpha value is -2.09. The third-order valence-corrected chi connectivity index (χ3v) is 3.65. The van der Waals surface area contributed by atoms with Gasteiger partial charge < -0.3 is 10.0 Å². The quantitative estimate of drug-likeness (QED) is 0.884. The lowest BCUT2D eigenvalue weighted by atomic mass is 9.83. The number of nitrogens with zero attached hydrogens (tertiary/aromatic N) is 3. The molecule has 5 heteroatoms. The first-order valence-electron chi connectivity index (χ1n) is 6.43. The number of likely N-dealkylation sites (tertiary alicyclic amines) is 1. The van der Waals surface area contributed by atoms with Crippen LogP contribution in [0.1, 0.15) is 30.1 Å². The van der Waals surface area contributed by atoms with E-state index in [1.54, 1.807) is 0 Å². The van der Waals surface area contributed by atoms with E-state index in [1.807, 2.05) is 25.1 Å². The van der Waals surface area contributed by atoms with Gasteiger partial charge in [-0.3, -0.25) is 4.98 Å². The molecule has 5 nitrogen and oxygen atoms in total. The minimum atomic E-state index is -0.874. The van der Waals surface area contributed by atoms with Crippen LogP contribution in [0.5, 0.6) is 0 Å². The molecule has 0 radical (unpaired) electrons. The fraction of sp³-hybridized carbons (Fsp3) is 0.500. The van der Waals surface area contributed by atoms with E-state index in [0.29, 0.717) is 13.1 Å². The van der Waals surface area contributed by atoms with E-state index in [1.165, 1.54) is 4.90 Å². The zero-order valence-corrected chi connectivity index (χ0v) is 10.9. The third kappa shape index (κ3) is 3.02. The van der Waals surface area contributed by atoms with Crippen molar-refractivity contribution >= 4 is 6.09 Å². The largest absolute Gasteiger partial charge is 0.465 e. The molecule has 1 aromatic rings. The summed E-state index contributed by atoms with van der Waals surface area (Å²) in [6.45, 7) is 2.92. The van der Waals surface area contributed by atoms with Gasteiger partial charge in [0.25, 0.3) is 0 Å². The van der Waals surface area contributed by atoms with Crippen molar-refractivity contribution in [2.45, 2.75) is 25.7 Å². The number of carbonyl (C=O) groups is 1. The van der Waals surface area contributed by atoms with Gasteiger partial charge in [0.15, 0.2) is 0 Å². The highest BCUT2D eigenvalue weighted by Crippen LogP contribution is 2.31. The average Bonchev–Trinajstić information content (AvgIpc) is 2.40. The number of piperidine rings is 1. The molecule has 0 saturated carbocycles. The van der Waals surface area contributed by atoms with E-state index in [4.69, 9.17) is 5.11 Å². The van der Waals surface area contributed by atoms with Gasteiger partial charge in [-0.2, -0.15) is 5.26 Å². The van der Waals surface area contributed by atoms with Gasteiger partial charge in [-0.1, -0.05) is 6.07 Å². The molecule has 1 saturated heterocycles. The van der Waals surface area contributed by atoms with Crippen LogP contribution in [0.15, 0.2) is 18.2 Å². The molecule has 2 heterocycles. The van der Waals surface area contributed by atoms with Gasteiger partial charge in [0, 0.05) is 18.8 Å². The van der Waals surface area contributed by atoms with Crippen LogP contribution in [-0.4, -0.2) is 34.2 Å². The first-order valence-corrected chi connectivity index (χ1v) is 6.43. The number of rotatable bonds is 2. The van der Waals surface area contributed by atoms with E-state index < -0.39 is 6.09 Å². The zero-order chi connectivity index (χ0) is 13.8. The topological polar surface area (TPSA) is 77.2 Å². The van der Waals surface area contributed by atoms with Crippen LogP contribution in [0.2, 0.25) is 0 Å². The molecule has 0 spiro atoms. The lowest BCUT2D eigenvalue weighted by molar-refractivity contribution is 0.122. The molecule has 1 aliphatic rings. The Kier molecular flexibility index (Phi) is 4.00. The van der Waals surface area contributed by atoms with Gasteiger partial charge >= 0.3 is 6.09 Å². The Morgan fingerprint density at radius 1 is 1.53 bits per heavy atom. The molecule has 1 unspecified atom stereocenters. The van der Waals surface area contributed by atoms with Crippen LogP contribution in [0.4, 0.5) is 4.79 Å². The maximum absolute atomic E-state index is 10.9. The van der Waals surface area contributed by atoms with Gasteiger partial charge in [0.05, 0.1) is 17.7 Å². The van der Waals surface area contributed by atoms with E-state index in [0.717, 1.165) is 24.2 Å². The molecule has 100 valence electrons. The number of hydrogen-bond donors (Lipinski definition) is 1. The van der Waals surface area contributed by atoms with Gasteiger partial charge in [-0.05, 0) is 37.8 Å². The number of carboxylic acid groups (broad SMARTS) is 1. The van der Waals surface area contributed by atoms with E-state index in [9.17, 15) is 10.1 Å². The molecular formula is C14H17N3O2. The molecule has 0 bridgehead atoms. The zero-order valence-electron chi connectivity index (χ0n) is 10.9. The van der Waals surface area contributed by atoms with E-state index >= 15 is 0 Å². The van der Waals surface area contributed by atoms with Gasteiger partial charge in [-0.25, -0.2) is 4.79 Å². The van der Waals surface area contributed by atoms with Crippen molar-refractivity contribution in [2.75, 3.05) is 13.1 Å². The number of aromatic nitrogens is 1. The fourth-order valence-electron chi connectivity index (χ4n) is 2.57. The molecule has 2 rings (SSSR count).